The zero-order chi connectivity index (χ0) is 29.4. The Balaban J connectivity index is 0.990. The highest BCUT2D eigenvalue weighted by Crippen LogP contribution is 2.39. The van der Waals surface area contributed by atoms with Crippen molar-refractivity contribution in [2.24, 2.45) is 11.8 Å². The van der Waals surface area contributed by atoms with E-state index < -0.39 is 0 Å². The molecule has 0 amide bonds. The molecule has 2 aliphatic carbocycles. The summed E-state index contributed by atoms with van der Waals surface area (Å²) in [5.74, 6) is 3.52. The molecule has 2 aromatic rings. The van der Waals surface area contributed by atoms with Gasteiger partial charge >= 0.3 is 0 Å². The van der Waals surface area contributed by atoms with Crippen molar-refractivity contribution in [2.75, 3.05) is 13.3 Å². The van der Waals surface area contributed by atoms with Crippen molar-refractivity contribution < 1.29 is 13.6 Å². The minimum atomic E-state index is -0.231. The van der Waals surface area contributed by atoms with Gasteiger partial charge in [-0.25, -0.2) is 0 Å². The third kappa shape index (κ3) is 11.2. The molecule has 0 unspecified atom stereocenters. The number of hydrogen-bond acceptors (Lipinski definition) is 1. The van der Waals surface area contributed by atoms with Crippen molar-refractivity contribution in [1.29, 1.82) is 0 Å². The predicted octanol–water partition coefficient (Wildman–Crippen LogP) is 11.4. The minimum Gasteiger partial charge on any atom is -0.300 e. The van der Waals surface area contributed by atoms with Crippen LogP contribution in [0.2, 0.25) is 0 Å². The number of carbonyl (C=O) groups excluding carboxylic acids is 1. The number of hydrogen-bond donors (Lipinski definition) is 0. The van der Waals surface area contributed by atoms with Crippen molar-refractivity contribution in [3.63, 3.8) is 0 Å². The summed E-state index contributed by atoms with van der Waals surface area (Å²) in [6.45, 7) is -0.463. The van der Waals surface area contributed by atoms with Gasteiger partial charge in [0.25, 0.3) is 0 Å². The van der Waals surface area contributed by atoms with Crippen molar-refractivity contribution in [3.05, 3.63) is 70.8 Å². The Bertz CT molecular complexity index is 916. The minimum absolute atomic E-state index is 0.231. The Labute approximate surface area is 255 Å². The number of unbranched alkanes of at least 4 members (excludes halogenated alkanes) is 2. The molecular weight excluding hydrogens is 522 g/mol. The van der Waals surface area contributed by atoms with Gasteiger partial charge in [-0.1, -0.05) is 74.2 Å². The van der Waals surface area contributed by atoms with Gasteiger partial charge in [0.15, 0.2) is 0 Å². The molecule has 0 aliphatic heterocycles. The van der Waals surface area contributed by atoms with Crippen LogP contribution in [0.1, 0.15) is 150 Å². The van der Waals surface area contributed by atoms with Crippen LogP contribution in [-0.2, 0) is 17.6 Å². The number of halogens is 2. The van der Waals surface area contributed by atoms with Crippen molar-refractivity contribution in [2.45, 2.75) is 140 Å². The van der Waals surface area contributed by atoms with Crippen LogP contribution in [0, 0.1) is 11.8 Å². The summed E-state index contributed by atoms with van der Waals surface area (Å²) in [7, 11) is 0. The highest BCUT2D eigenvalue weighted by molar-refractivity contribution is 5.78. The summed E-state index contributed by atoms with van der Waals surface area (Å²) < 4.78 is 24.8. The normalized spacial score (nSPS) is 22.7. The summed E-state index contributed by atoms with van der Waals surface area (Å²) >= 11 is 0. The average Bonchev–Trinajstić information content (AvgIpc) is 3.04. The SMILES string of the molecule is O=C(CCCCC1CCC(c2ccc(CCCF)cc2)CC1)CCCCC1CCC(c2ccc(CCCF)cc2)CC1. The topological polar surface area (TPSA) is 17.1 Å². The van der Waals surface area contributed by atoms with Gasteiger partial charge in [0.1, 0.15) is 5.78 Å². The van der Waals surface area contributed by atoms with Gasteiger partial charge in [0, 0.05) is 12.8 Å². The Morgan fingerprint density at radius 3 is 1.26 bits per heavy atom. The average molecular weight is 579 g/mol. The number of rotatable bonds is 18. The van der Waals surface area contributed by atoms with Gasteiger partial charge in [-0.3, -0.25) is 13.6 Å². The van der Waals surface area contributed by atoms with Gasteiger partial charge in [0.05, 0.1) is 13.3 Å². The highest BCUT2D eigenvalue weighted by atomic mass is 19.1. The van der Waals surface area contributed by atoms with E-state index in [2.05, 4.69) is 48.5 Å². The van der Waals surface area contributed by atoms with E-state index in [0.29, 0.717) is 30.5 Å². The van der Waals surface area contributed by atoms with Gasteiger partial charge in [-0.2, -0.15) is 0 Å². The molecular formula is C39H56F2O. The van der Waals surface area contributed by atoms with Crippen LogP contribution in [0.5, 0.6) is 0 Å². The number of benzene rings is 2. The Morgan fingerprint density at radius 2 is 0.905 bits per heavy atom. The molecule has 2 saturated carbocycles. The molecule has 4 rings (SSSR count). The van der Waals surface area contributed by atoms with E-state index in [1.54, 1.807) is 0 Å². The standard InChI is InChI=1S/C39H56F2O/c40-29-5-9-33-17-25-37(26-18-33)35-21-13-31(14-22-35)7-1-3-11-39(42)12-4-2-8-32-15-23-36(24-16-32)38-27-19-34(20-28-38)10-6-30-41/h17-20,25-28,31-32,35-36H,1-16,21-24,29-30H2. The van der Waals surface area contributed by atoms with Gasteiger partial charge in [0.2, 0.25) is 0 Å². The van der Waals surface area contributed by atoms with Crippen molar-refractivity contribution in [3.8, 4) is 0 Å². The van der Waals surface area contributed by atoms with Crippen LogP contribution in [0.4, 0.5) is 8.78 Å². The number of carbonyl (C=O) groups is 1. The summed E-state index contributed by atoms with van der Waals surface area (Å²) in [5.41, 5.74) is 5.43. The molecule has 2 aliphatic rings. The first kappa shape index (κ1) is 32.9. The second-order valence-electron chi connectivity index (χ2n) is 13.5. The molecule has 0 heterocycles. The van der Waals surface area contributed by atoms with Crippen LogP contribution in [0.15, 0.2) is 48.5 Å². The third-order valence-corrected chi connectivity index (χ3v) is 10.4. The lowest BCUT2D eigenvalue weighted by Gasteiger charge is -2.29. The summed E-state index contributed by atoms with van der Waals surface area (Å²) in [6.07, 6.45) is 22.0. The maximum Gasteiger partial charge on any atom is 0.132 e. The molecule has 0 N–H and O–H groups in total. The lowest BCUT2D eigenvalue weighted by molar-refractivity contribution is -0.119. The highest BCUT2D eigenvalue weighted by Gasteiger charge is 2.23. The quantitative estimate of drug-likeness (QED) is 0.161. The second-order valence-corrected chi connectivity index (χ2v) is 13.5. The van der Waals surface area contributed by atoms with E-state index >= 15 is 0 Å². The monoisotopic (exact) mass is 578 g/mol. The zero-order valence-electron chi connectivity index (χ0n) is 26.1. The van der Waals surface area contributed by atoms with E-state index in [1.807, 2.05) is 0 Å². The fourth-order valence-electron chi connectivity index (χ4n) is 7.66. The molecule has 0 spiro atoms. The lowest BCUT2D eigenvalue weighted by atomic mass is 9.77. The van der Waals surface area contributed by atoms with Gasteiger partial charge < -0.3 is 0 Å². The summed E-state index contributed by atoms with van der Waals surface area (Å²) in [4.78, 5) is 12.5. The molecule has 0 atom stereocenters. The van der Waals surface area contributed by atoms with Crippen LogP contribution >= 0.6 is 0 Å². The maximum atomic E-state index is 12.5. The summed E-state index contributed by atoms with van der Waals surface area (Å²) in [5, 5.41) is 0. The van der Waals surface area contributed by atoms with Gasteiger partial charge in [-0.05, 0) is 136 Å². The Kier molecular flexibility index (Phi) is 14.6. The molecule has 1 nitrogen and oxygen atoms in total. The van der Waals surface area contributed by atoms with E-state index in [1.165, 1.54) is 99.3 Å². The smallest absolute Gasteiger partial charge is 0.132 e. The molecule has 2 fully saturated rings. The first-order chi connectivity index (χ1) is 20.6. The predicted molar refractivity (Wildman–Crippen MR) is 173 cm³/mol. The molecule has 3 heteroatoms. The molecule has 0 bridgehead atoms. The van der Waals surface area contributed by atoms with Crippen LogP contribution in [0.3, 0.4) is 0 Å². The van der Waals surface area contributed by atoms with Crippen LogP contribution in [-0.4, -0.2) is 19.1 Å². The largest absolute Gasteiger partial charge is 0.300 e. The molecule has 42 heavy (non-hydrogen) atoms. The van der Waals surface area contributed by atoms with Crippen LogP contribution < -0.4 is 0 Å². The first-order valence-corrected chi connectivity index (χ1v) is 17.5. The van der Waals surface area contributed by atoms with Crippen LogP contribution in [0.25, 0.3) is 0 Å². The number of Topliss-reactive ketones (excluding diaryl/α,β-unsaturated/α-hetero) is 1. The van der Waals surface area contributed by atoms with E-state index in [0.717, 1.165) is 50.4 Å². The first-order valence-electron chi connectivity index (χ1n) is 17.5. The second kappa shape index (κ2) is 18.6. The number of alkyl halides is 2. The van der Waals surface area contributed by atoms with Gasteiger partial charge in [-0.15, -0.1) is 0 Å². The molecule has 232 valence electrons. The molecule has 0 radical (unpaired) electrons. The maximum absolute atomic E-state index is 12.5. The third-order valence-electron chi connectivity index (χ3n) is 10.4. The summed E-state index contributed by atoms with van der Waals surface area (Å²) in [6, 6.07) is 17.9. The van der Waals surface area contributed by atoms with Crippen molar-refractivity contribution in [1.82, 2.24) is 0 Å². The van der Waals surface area contributed by atoms with E-state index in [-0.39, 0.29) is 13.3 Å². The molecule has 0 aromatic heterocycles. The fraction of sp³-hybridized carbons (Fsp3) is 0.667. The molecule has 0 saturated heterocycles. The zero-order valence-corrected chi connectivity index (χ0v) is 26.1. The van der Waals surface area contributed by atoms with E-state index in [4.69, 9.17) is 0 Å². The fourth-order valence-corrected chi connectivity index (χ4v) is 7.66. The number of aryl methyl sites for hydroxylation is 2. The van der Waals surface area contributed by atoms with E-state index in [9.17, 15) is 13.6 Å². The molecule has 2 aromatic carbocycles. The Hall–Kier alpha value is -2.03. The number of ketones is 1. The van der Waals surface area contributed by atoms with Crippen molar-refractivity contribution >= 4 is 5.78 Å². The lowest BCUT2D eigenvalue weighted by Crippen LogP contribution is -2.13. The Morgan fingerprint density at radius 1 is 0.524 bits per heavy atom.